The van der Waals surface area contributed by atoms with Crippen molar-refractivity contribution in [2.24, 2.45) is 5.92 Å². The van der Waals surface area contributed by atoms with Crippen LogP contribution in [0.25, 0.3) is 0 Å². The first-order valence-electron chi connectivity index (χ1n) is 13.4. The van der Waals surface area contributed by atoms with E-state index in [1.54, 1.807) is 36.3 Å². The predicted octanol–water partition coefficient (Wildman–Crippen LogP) is 2.95. The fraction of sp³-hybridized carbons (Fsp3) is 0.483. The Hall–Kier alpha value is -3.79. The Kier molecular flexibility index (Phi) is 7.65. The molecule has 2 aromatic rings. The highest BCUT2D eigenvalue weighted by Gasteiger charge is 2.54. The summed E-state index contributed by atoms with van der Waals surface area (Å²) in [6.07, 6.45) is 1.35. The van der Waals surface area contributed by atoms with Crippen molar-refractivity contribution in [1.82, 2.24) is 15.1 Å². The average Bonchev–Trinajstić information content (AvgIpc) is 3.56. The smallest absolute Gasteiger partial charge is 0.256 e. The number of rotatable bonds is 7. The maximum atomic E-state index is 13.9. The number of amides is 3. The van der Waals surface area contributed by atoms with Gasteiger partial charge in [0.25, 0.3) is 5.91 Å². The third-order valence-electron chi connectivity index (χ3n) is 7.50. The van der Waals surface area contributed by atoms with E-state index in [4.69, 9.17) is 18.9 Å². The summed E-state index contributed by atoms with van der Waals surface area (Å²) in [7, 11) is 1.56. The van der Waals surface area contributed by atoms with Gasteiger partial charge < -0.3 is 29.2 Å². The molecule has 5 rings (SSSR count). The fourth-order valence-electron chi connectivity index (χ4n) is 5.38. The highest BCUT2D eigenvalue weighted by Crippen LogP contribution is 2.39. The van der Waals surface area contributed by atoms with Gasteiger partial charge in [-0.25, -0.2) is 0 Å². The molecule has 3 heterocycles. The zero-order valence-corrected chi connectivity index (χ0v) is 22.6. The van der Waals surface area contributed by atoms with Gasteiger partial charge in [0.05, 0.1) is 13.7 Å². The Labute approximate surface area is 228 Å². The van der Waals surface area contributed by atoms with E-state index in [-0.39, 0.29) is 43.6 Å². The number of fused-ring (bicyclic) bond motifs is 1. The van der Waals surface area contributed by atoms with Gasteiger partial charge in [-0.05, 0) is 47.9 Å². The largest absolute Gasteiger partial charge is 0.497 e. The Bertz CT molecular complexity index is 1220. The Morgan fingerprint density at radius 1 is 1.05 bits per heavy atom. The molecule has 3 amide bonds. The van der Waals surface area contributed by atoms with Gasteiger partial charge in [-0.1, -0.05) is 19.9 Å². The molecule has 0 unspecified atom stereocenters. The molecule has 10 nitrogen and oxygen atoms in total. The average molecular weight is 538 g/mol. The van der Waals surface area contributed by atoms with Crippen molar-refractivity contribution in [2.45, 2.75) is 51.4 Å². The highest BCUT2D eigenvalue weighted by atomic mass is 16.7. The van der Waals surface area contributed by atoms with E-state index in [1.807, 2.05) is 36.9 Å². The lowest BCUT2D eigenvalue weighted by molar-refractivity contribution is -0.144. The lowest BCUT2D eigenvalue weighted by Crippen LogP contribution is -2.59. The van der Waals surface area contributed by atoms with Crippen LogP contribution in [0.3, 0.4) is 0 Å². The molecule has 2 aromatic carbocycles. The first-order chi connectivity index (χ1) is 18.8. The molecule has 1 atom stereocenters. The minimum absolute atomic E-state index is 0.0782. The van der Waals surface area contributed by atoms with Crippen molar-refractivity contribution in [1.29, 1.82) is 0 Å². The first-order valence-corrected chi connectivity index (χ1v) is 13.4. The predicted molar refractivity (Wildman–Crippen MR) is 141 cm³/mol. The molecular formula is C29H35N3O7. The number of hydrogen-bond donors (Lipinski definition) is 1. The standard InChI is InChI=1S/C29H35N3O7/c1-19(2)14-26(33)31-12-10-29(11-13-31)32(28(35)21-5-7-22(36-3)8-6-21)23(17-39-29)27(34)30-16-20-4-9-24-25(15-20)38-18-37-24/h4-9,15,19,23H,10-14,16-18H2,1-3H3,(H,30,34)/t23-/m0/s1. The van der Waals surface area contributed by atoms with Gasteiger partial charge >= 0.3 is 0 Å². The van der Waals surface area contributed by atoms with Crippen LogP contribution < -0.4 is 19.5 Å². The number of carbonyl (C=O) groups is 3. The molecule has 0 saturated carbocycles. The molecule has 1 spiro atoms. The van der Waals surface area contributed by atoms with E-state index >= 15 is 0 Å². The number of carbonyl (C=O) groups excluding carboxylic acids is 3. The minimum atomic E-state index is -0.966. The van der Waals surface area contributed by atoms with Crippen LogP contribution in [-0.2, 0) is 20.9 Å². The topological polar surface area (TPSA) is 107 Å². The Morgan fingerprint density at radius 2 is 1.77 bits per heavy atom. The number of likely N-dealkylation sites (tertiary alicyclic amines) is 1. The maximum Gasteiger partial charge on any atom is 0.256 e. The van der Waals surface area contributed by atoms with Crippen molar-refractivity contribution in [3.05, 3.63) is 53.6 Å². The number of nitrogens with one attached hydrogen (secondary N) is 1. The van der Waals surface area contributed by atoms with Crippen molar-refractivity contribution >= 4 is 17.7 Å². The number of hydrogen-bond acceptors (Lipinski definition) is 7. The Morgan fingerprint density at radius 3 is 2.46 bits per heavy atom. The van der Waals surface area contributed by atoms with E-state index in [0.29, 0.717) is 55.2 Å². The Balaban J connectivity index is 1.34. The highest BCUT2D eigenvalue weighted by molar-refractivity contribution is 5.98. The molecule has 3 aliphatic rings. The quantitative estimate of drug-likeness (QED) is 0.579. The summed E-state index contributed by atoms with van der Waals surface area (Å²) in [5.41, 5.74) is 0.325. The molecule has 10 heteroatoms. The van der Waals surface area contributed by atoms with E-state index in [2.05, 4.69) is 5.32 Å². The van der Waals surface area contributed by atoms with Crippen LogP contribution in [0.2, 0.25) is 0 Å². The van der Waals surface area contributed by atoms with Gasteiger partial charge in [0.1, 0.15) is 17.5 Å². The summed E-state index contributed by atoms with van der Waals surface area (Å²) >= 11 is 0. The van der Waals surface area contributed by atoms with Crippen LogP contribution in [-0.4, -0.2) is 72.9 Å². The zero-order valence-electron chi connectivity index (χ0n) is 22.6. The molecule has 0 radical (unpaired) electrons. The molecule has 39 heavy (non-hydrogen) atoms. The zero-order chi connectivity index (χ0) is 27.6. The first kappa shape index (κ1) is 26.8. The minimum Gasteiger partial charge on any atom is -0.497 e. The van der Waals surface area contributed by atoms with E-state index in [9.17, 15) is 14.4 Å². The SMILES string of the molecule is COc1ccc(C(=O)N2[C@H](C(=O)NCc3ccc4c(c3)OCO4)COC23CCN(C(=O)CC(C)C)CC3)cc1. The van der Waals surface area contributed by atoms with Crippen molar-refractivity contribution < 1.29 is 33.3 Å². The number of ether oxygens (including phenoxy) is 4. The second-order valence-corrected chi connectivity index (χ2v) is 10.6. The van der Waals surface area contributed by atoms with Gasteiger partial charge in [0, 0.05) is 44.5 Å². The second kappa shape index (κ2) is 11.1. The van der Waals surface area contributed by atoms with Crippen molar-refractivity contribution in [3.63, 3.8) is 0 Å². The van der Waals surface area contributed by atoms with Crippen LogP contribution >= 0.6 is 0 Å². The van der Waals surface area contributed by atoms with Gasteiger partial charge in [-0.15, -0.1) is 0 Å². The number of methoxy groups -OCH3 is 1. The van der Waals surface area contributed by atoms with Crippen molar-refractivity contribution in [3.8, 4) is 17.2 Å². The van der Waals surface area contributed by atoms with E-state index in [1.165, 1.54) is 0 Å². The normalized spacial score (nSPS) is 19.4. The number of nitrogens with zero attached hydrogens (tertiary/aromatic N) is 2. The monoisotopic (exact) mass is 537 g/mol. The van der Waals surface area contributed by atoms with Gasteiger partial charge in [-0.3, -0.25) is 19.3 Å². The van der Waals surface area contributed by atoms with Crippen LogP contribution in [0.4, 0.5) is 0 Å². The summed E-state index contributed by atoms with van der Waals surface area (Å²) in [4.78, 5) is 43.5. The maximum absolute atomic E-state index is 13.9. The molecular weight excluding hydrogens is 502 g/mol. The molecule has 0 aromatic heterocycles. The lowest BCUT2D eigenvalue weighted by Gasteiger charge is -2.44. The summed E-state index contributed by atoms with van der Waals surface area (Å²) in [5.74, 6) is 1.72. The molecule has 208 valence electrons. The van der Waals surface area contributed by atoms with E-state index < -0.39 is 11.8 Å². The van der Waals surface area contributed by atoms with Gasteiger partial charge in [-0.2, -0.15) is 0 Å². The lowest BCUT2D eigenvalue weighted by atomic mass is 9.96. The third-order valence-corrected chi connectivity index (χ3v) is 7.50. The fourth-order valence-corrected chi connectivity index (χ4v) is 5.38. The molecule has 0 bridgehead atoms. The molecule has 0 aliphatic carbocycles. The molecule has 3 aliphatic heterocycles. The van der Waals surface area contributed by atoms with Crippen LogP contribution in [0.5, 0.6) is 17.2 Å². The number of piperidine rings is 1. The van der Waals surface area contributed by atoms with Crippen LogP contribution in [0.15, 0.2) is 42.5 Å². The summed E-state index contributed by atoms with van der Waals surface area (Å²) in [5, 5.41) is 2.96. The summed E-state index contributed by atoms with van der Waals surface area (Å²) in [6.45, 7) is 5.48. The van der Waals surface area contributed by atoms with Crippen LogP contribution in [0, 0.1) is 5.92 Å². The number of benzene rings is 2. The van der Waals surface area contributed by atoms with E-state index in [0.717, 1.165) is 5.56 Å². The third kappa shape index (κ3) is 5.52. The molecule has 1 N–H and O–H groups in total. The van der Waals surface area contributed by atoms with Gasteiger partial charge in [0.15, 0.2) is 11.5 Å². The molecule has 2 saturated heterocycles. The summed E-state index contributed by atoms with van der Waals surface area (Å²) < 4.78 is 22.3. The van der Waals surface area contributed by atoms with Crippen molar-refractivity contribution in [2.75, 3.05) is 33.6 Å². The molecule has 2 fully saturated rings. The van der Waals surface area contributed by atoms with Gasteiger partial charge in [0.2, 0.25) is 18.6 Å². The summed E-state index contributed by atoms with van der Waals surface area (Å²) in [6, 6.07) is 11.5. The van der Waals surface area contributed by atoms with Crippen LogP contribution in [0.1, 0.15) is 49.0 Å². The second-order valence-electron chi connectivity index (χ2n) is 10.6.